The number of aryl methyl sites for hydroxylation is 6. The molecule has 0 atom stereocenters. The van der Waals surface area contributed by atoms with Crippen molar-refractivity contribution in [3.05, 3.63) is 92.0 Å². The SMILES string of the molecule is Cc1cc(N(C)C)c([Si](c2cc(C)c(C)cc2N(C)C)(c2cc(C)c(C)cc2N(C)C)[c-]2c(C)c(C)c(C)c2C)cc1C.[Cl-].[Cl-].[Cl-].[Ti+4]. The molecular weight excluding hydrogens is 693 g/mol. The second-order valence-electron chi connectivity index (χ2n) is 13.7. The molecule has 0 aromatic heterocycles. The minimum Gasteiger partial charge on any atom is -1.00 e. The molecule has 0 radical (unpaired) electrons. The zero-order valence-electron chi connectivity index (χ0n) is 31.4. The van der Waals surface area contributed by atoms with Crippen LogP contribution in [0.5, 0.6) is 0 Å². The van der Waals surface area contributed by atoms with Crippen LogP contribution in [0.2, 0.25) is 0 Å². The molecule has 4 aromatic rings. The third-order valence-electron chi connectivity index (χ3n) is 10.3. The van der Waals surface area contributed by atoms with Crippen LogP contribution in [-0.2, 0) is 21.7 Å². The van der Waals surface area contributed by atoms with Gasteiger partial charge in [0, 0.05) is 59.3 Å². The third kappa shape index (κ3) is 7.54. The normalized spacial score (nSPS) is 10.7. The molecule has 3 nitrogen and oxygen atoms in total. The van der Waals surface area contributed by atoms with Crippen LogP contribution in [0.25, 0.3) is 0 Å². The Balaban J connectivity index is 0.00000529. The first-order valence-electron chi connectivity index (χ1n) is 15.6. The number of anilines is 3. The monoisotopic (exact) mass is 745 g/mol. The molecule has 0 spiro atoms. The van der Waals surface area contributed by atoms with Crippen LogP contribution >= 0.6 is 0 Å². The van der Waals surface area contributed by atoms with Gasteiger partial charge in [-0.1, -0.05) is 45.9 Å². The maximum Gasteiger partial charge on any atom is 4.00 e. The smallest absolute Gasteiger partial charge is 1.00 e. The van der Waals surface area contributed by atoms with Crippen LogP contribution in [-0.4, -0.2) is 50.4 Å². The molecule has 0 aliphatic rings. The van der Waals surface area contributed by atoms with E-state index in [1.54, 1.807) is 5.19 Å². The summed E-state index contributed by atoms with van der Waals surface area (Å²) >= 11 is 0. The summed E-state index contributed by atoms with van der Waals surface area (Å²) in [6.45, 7) is 23.1. The largest absolute Gasteiger partial charge is 4.00 e. The van der Waals surface area contributed by atoms with Gasteiger partial charge in [0.05, 0.1) is 0 Å². The van der Waals surface area contributed by atoms with Gasteiger partial charge in [-0.2, -0.15) is 22.3 Å². The van der Waals surface area contributed by atoms with Crippen LogP contribution in [0.4, 0.5) is 17.1 Å². The summed E-state index contributed by atoms with van der Waals surface area (Å²) in [6.07, 6.45) is 0. The number of halogens is 3. The van der Waals surface area contributed by atoms with Crippen molar-refractivity contribution in [2.45, 2.75) is 69.2 Å². The average Bonchev–Trinajstić information content (AvgIpc) is 3.12. The Morgan fingerprint density at radius 1 is 0.404 bits per heavy atom. The van der Waals surface area contributed by atoms with Crippen molar-refractivity contribution in [1.29, 1.82) is 0 Å². The first-order chi connectivity index (χ1) is 20.0. The van der Waals surface area contributed by atoms with Crippen LogP contribution in [0, 0.1) is 69.2 Å². The summed E-state index contributed by atoms with van der Waals surface area (Å²) in [5.41, 5.74) is 17.7. The maximum atomic E-state index is 2.55. The Hall–Kier alpha value is -1.79. The zero-order valence-corrected chi connectivity index (χ0v) is 36.3. The molecule has 0 unspecified atom stereocenters. The van der Waals surface area contributed by atoms with E-state index in [4.69, 9.17) is 0 Å². The number of hydrogen-bond donors (Lipinski definition) is 0. The van der Waals surface area contributed by atoms with E-state index in [1.807, 2.05) is 0 Å². The van der Waals surface area contributed by atoms with Crippen LogP contribution in [0.15, 0.2) is 36.4 Å². The molecule has 0 N–H and O–H groups in total. The second-order valence-corrected chi connectivity index (χ2v) is 17.3. The summed E-state index contributed by atoms with van der Waals surface area (Å²) in [5.74, 6) is 0. The van der Waals surface area contributed by atoms with Gasteiger partial charge >= 0.3 is 21.7 Å². The quantitative estimate of drug-likeness (QED) is 0.114. The van der Waals surface area contributed by atoms with Crippen molar-refractivity contribution < 1.29 is 58.9 Å². The molecule has 0 amide bonds. The van der Waals surface area contributed by atoms with Crippen molar-refractivity contribution in [2.75, 3.05) is 57.0 Å². The Bertz CT molecular complexity index is 1540. The summed E-state index contributed by atoms with van der Waals surface area (Å²) < 4.78 is 0. The molecule has 0 saturated heterocycles. The summed E-state index contributed by atoms with van der Waals surface area (Å²) in [6, 6.07) is 15.0. The first-order valence-corrected chi connectivity index (χ1v) is 17.6. The first kappa shape index (κ1) is 45.2. The molecule has 0 aliphatic carbocycles. The van der Waals surface area contributed by atoms with E-state index in [0.29, 0.717) is 0 Å². The maximum absolute atomic E-state index is 3.01. The molecule has 0 bridgehead atoms. The minimum absolute atomic E-state index is 0. The molecule has 47 heavy (non-hydrogen) atoms. The number of rotatable bonds is 7. The van der Waals surface area contributed by atoms with Gasteiger partial charge in [0.1, 0.15) is 8.07 Å². The van der Waals surface area contributed by atoms with E-state index in [1.165, 1.54) is 88.3 Å². The second kappa shape index (κ2) is 16.7. The van der Waals surface area contributed by atoms with E-state index in [-0.39, 0.29) is 58.9 Å². The third-order valence-corrected chi connectivity index (χ3v) is 15.4. The average molecular weight is 747 g/mol. The van der Waals surface area contributed by atoms with Gasteiger partial charge in [0.25, 0.3) is 0 Å². The van der Waals surface area contributed by atoms with E-state index < -0.39 is 8.07 Å². The van der Waals surface area contributed by atoms with Gasteiger partial charge < -0.3 is 51.9 Å². The van der Waals surface area contributed by atoms with Gasteiger partial charge in [0.2, 0.25) is 0 Å². The number of hydrogen-bond acceptors (Lipinski definition) is 3. The van der Waals surface area contributed by atoms with Crippen molar-refractivity contribution >= 4 is 45.9 Å². The van der Waals surface area contributed by atoms with Gasteiger partial charge in [0.15, 0.2) is 0 Å². The van der Waals surface area contributed by atoms with Crippen molar-refractivity contribution in [2.24, 2.45) is 0 Å². The van der Waals surface area contributed by atoms with E-state index >= 15 is 0 Å². The standard InChI is InChI=1S/C39H54N3Si.3ClH.Ti/c1-23-17-33(40(11)12)36(20-26(23)4)43(39-31(9)29(7)30(8)32(39)10,37-21-27(5)24(2)18-34(37)41(13)14)38-22-28(6)25(3)19-35(38)42(15)16;;;;/h17-22H,1-16H3;3*1H;/q-1;;;;+4/p-3. The van der Waals surface area contributed by atoms with Gasteiger partial charge in [-0.05, 0) is 109 Å². The van der Waals surface area contributed by atoms with Crippen molar-refractivity contribution in [3.63, 3.8) is 0 Å². The van der Waals surface area contributed by atoms with Gasteiger partial charge in [-0.25, -0.2) is 0 Å². The van der Waals surface area contributed by atoms with E-state index in [0.717, 1.165) is 0 Å². The topological polar surface area (TPSA) is 9.72 Å². The fourth-order valence-electron chi connectivity index (χ4n) is 7.03. The summed E-state index contributed by atoms with van der Waals surface area (Å²) in [4.78, 5) is 7.05. The van der Waals surface area contributed by atoms with Crippen molar-refractivity contribution in [1.82, 2.24) is 0 Å². The summed E-state index contributed by atoms with van der Waals surface area (Å²) in [7, 11) is 10.3. The van der Waals surface area contributed by atoms with Gasteiger partial charge in [-0.15, -0.1) is 5.19 Å². The fourth-order valence-corrected chi connectivity index (χ4v) is 13.6. The Morgan fingerprint density at radius 3 is 0.830 bits per heavy atom. The Labute approximate surface area is 321 Å². The molecule has 0 heterocycles. The molecule has 0 aliphatic heterocycles. The predicted octanol–water partition coefficient (Wildman–Crippen LogP) is -2.93. The Morgan fingerprint density at radius 2 is 0.617 bits per heavy atom. The molecule has 254 valence electrons. The molecular formula is C39H54Cl3N3SiTi. The molecule has 0 saturated carbocycles. The fraction of sp³-hybridized carbons (Fsp3) is 0.410. The van der Waals surface area contributed by atoms with Gasteiger partial charge in [-0.3, -0.25) is 0 Å². The Kier molecular flexibility index (Phi) is 16.1. The van der Waals surface area contributed by atoms with Crippen LogP contribution < -0.4 is 72.7 Å². The number of benzene rings is 3. The minimum atomic E-state index is -3.01. The van der Waals surface area contributed by atoms with Crippen molar-refractivity contribution in [3.8, 4) is 0 Å². The van der Waals surface area contributed by atoms with Crippen LogP contribution in [0.1, 0.15) is 55.6 Å². The van der Waals surface area contributed by atoms with Crippen LogP contribution in [0.3, 0.4) is 0 Å². The van der Waals surface area contributed by atoms with E-state index in [2.05, 4.69) is 163 Å². The zero-order chi connectivity index (χ0) is 32.3. The summed E-state index contributed by atoms with van der Waals surface area (Å²) in [5, 5.41) is 5.95. The molecule has 0 fully saturated rings. The molecule has 4 rings (SSSR count). The number of nitrogens with zero attached hydrogens (tertiary/aromatic N) is 3. The predicted molar refractivity (Wildman–Crippen MR) is 196 cm³/mol. The molecule has 4 aromatic carbocycles. The molecule has 8 heteroatoms. The van der Waals surface area contributed by atoms with E-state index in [9.17, 15) is 0 Å².